The number of benzene rings is 3. The zero-order valence-corrected chi connectivity index (χ0v) is 35.5. The van der Waals surface area contributed by atoms with E-state index < -0.39 is 6.03 Å². The predicted octanol–water partition coefficient (Wildman–Crippen LogP) is 6.65. The Balaban J connectivity index is 0.000000133. The Hall–Kier alpha value is -7.64. The molecule has 3 aromatic carbocycles. The van der Waals surface area contributed by atoms with Gasteiger partial charge in [0.05, 0.1) is 51.4 Å². The Kier molecular flexibility index (Phi) is 13.7. The van der Waals surface area contributed by atoms with Gasteiger partial charge in [0.2, 0.25) is 5.91 Å². The Bertz CT molecular complexity index is 2890. The second-order valence-electron chi connectivity index (χ2n) is 15.4. The van der Waals surface area contributed by atoms with Gasteiger partial charge in [0.15, 0.2) is 0 Å². The molecule has 0 bridgehead atoms. The standard InChI is InChI=1S/C17H19FN4O.C15H15FN4O.C14H14FN5O/c18-14-1-2-15-16(11-19-17(15)9-14)13-10-20-22(12-13)4-3-21-5-7-23-8-6-21;1-10(21)17-4-5-20-9-11(7-19-20)14-8-18-15-6-12(16)2-3-13(14)15;15-10-1-2-11-12(7-18-13(11)5-10)9-6-19-20(8-9)4-3-17-14(16)21/h1-2,9-12,19H,3-8H2;2-3,6-9,18H,4-5H2,1H3,(H,17,21);1-2,5-8,18H,3-4H2,(H3,16,17,21). The number of H-pyrrole nitrogens is 3. The SMILES string of the molecule is CC(=O)NCCn1cc(-c2c[nH]c3cc(F)ccc23)cn1.Fc1ccc2c(-c3cnn(CCN4CCOCC4)c3)c[nH]c2c1.NC(=O)NCCn1cc(-c2c[nH]c3cc(F)ccc23)cn1. The van der Waals surface area contributed by atoms with Gasteiger partial charge in [-0.2, -0.15) is 15.3 Å². The summed E-state index contributed by atoms with van der Waals surface area (Å²) in [5.41, 5.74) is 13.2. The predicted molar refractivity (Wildman–Crippen MR) is 242 cm³/mol. The first-order valence-electron chi connectivity index (χ1n) is 21.0. The minimum atomic E-state index is -0.555. The van der Waals surface area contributed by atoms with Crippen LogP contribution in [0.2, 0.25) is 0 Å². The lowest BCUT2D eigenvalue weighted by molar-refractivity contribution is -0.119. The Morgan fingerprint density at radius 1 is 0.615 bits per heavy atom. The van der Waals surface area contributed by atoms with Gasteiger partial charge in [0, 0.05) is 143 Å². The number of hydrogen-bond donors (Lipinski definition) is 6. The molecular formula is C46H48F3N13O3. The molecule has 7 heterocycles. The molecule has 3 amide bonds. The molecule has 9 aromatic rings. The number of halogens is 3. The number of aromatic amines is 3. The third-order valence-corrected chi connectivity index (χ3v) is 10.9. The number of carbonyl (C=O) groups is 2. The second kappa shape index (κ2) is 20.2. The molecule has 1 fully saturated rings. The van der Waals surface area contributed by atoms with Crippen LogP contribution in [0.4, 0.5) is 18.0 Å². The maximum atomic E-state index is 13.3. The Labute approximate surface area is 370 Å². The average molecular weight is 888 g/mol. The fourth-order valence-electron chi connectivity index (χ4n) is 7.60. The first kappa shape index (κ1) is 44.0. The number of nitrogens with zero attached hydrogens (tertiary/aromatic N) is 7. The summed E-state index contributed by atoms with van der Waals surface area (Å²) >= 11 is 0. The van der Waals surface area contributed by atoms with E-state index in [9.17, 15) is 22.8 Å². The molecule has 6 aromatic heterocycles. The van der Waals surface area contributed by atoms with Gasteiger partial charge in [0.25, 0.3) is 0 Å². The van der Waals surface area contributed by atoms with Gasteiger partial charge in [-0.3, -0.25) is 23.7 Å². The van der Waals surface area contributed by atoms with Gasteiger partial charge in [-0.15, -0.1) is 0 Å². The molecule has 0 saturated carbocycles. The Morgan fingerprint density at radius 2 is 1.02 bits per heavy atom. The fraction of sp³-hybridized carbons (Fsp3) is 0.239. The second-order valence-corrected chi connectivity index (χ2v) is 15.4. The van der Waals surface area contributed by atoms with Crippen molar-refractivity contribution in [2.75, 3.05) is 45.9 Å². The van der Waals surface area contributed by atoms with Gasteiger partial charge in [-0.1, -0.05) is 0 Å². The molecule has 65 heavy (non-hydrogen) atoms. The van der Waals surface area contributed by atoms with Crippen molar-refractivity contribution in [1.82, 2.24) is 59.8 Å². The molecule has 336 valence electrons. The van der Waals surface area contributed by atoms with E-state index in [0.717, 1.165) is 105 Å². The molecule has 1 aliphatic heterocycles. The highest BCUT2D eigenvalue weighted by atomic mass is 19.1. The highest BCUT2D eigenvalue weighted by Gasteiger charge is 2.14. The number of nitrogens with two attached hydrogens (primary N) is 1. The molecule has 10 rings (SSSR count). The quantitative estimate of drug-likeness (QED) is 0.0790. The summed E-state index contributed by atoms with van der Waals surface area (Å²) in [4.78, 5) is 33.0. The minimum absolute atomic E-state index is 0.0546. The van der Waals surface area contributed by atoms with Gasteiger partial charge in [0.1, 0.15) is 17.5 Å². The van der Waals surface area contributed by atoms with Gasteiger partial charge in [-0.25, -0.2) is 18.0 Å². The number of hydrogen-bond acceptors (Lipinski definition) is 7. The number of morpholine rings is 1. The van der Waals surface area contributed by atoms with Crippen molar-refractivity contribution < 1.29 is 27.5 Å². The molecule has 0 unspecified atom stereocenters. The summed E-state index contributed by atoms with van der Waals surface area (Å²) in [6.45, 7) is 9.01. The van der Waals surface area contributed by atoms with Crippen LogP contribution in [0.5, 0.6) is 0 Å². The van der Waals surface area contributed by atoms with Crippen LogP contribution in [0, 0.1) is 17.5 Å². The van der Waals surface area contributed by atoms with E-state index in [-0.39, 0.29) is 23.4 Å². The van der Waals surface area contributed by atoms with Crippen molar-refractivity contribution >= 4 is 44.6 Å². The zero-order chi connectivity index (χ0) is 45.3. The highest BCUT2D eigenvalue weighted by Crippen LogP contribution is 2.31. The van der Waals surface area contributed by atoms with Crippen molar-refractivity contribution in [1.29, 1.82) is 0 Å². The Morgan fingerprint density at radius 3 is 1.42 bits per heavy atom. The van der Waals surface area contributed by atoms with E-state index in [1.165, 1.54) is 43.3 Å². The van der Waals surface area contributed by atoms with E-state index in [2.05, 4.69) is 45.8 Å². The number of fused-ring (bicyclic) bond motifs is 3. The summed E-state index contributed by atoms with van der Waals surface area (Å²) in [5.74, 6) is -0.820. The molecule has 1 aliphatic rings. The molecular weight excluding hydrogens is 840 g/mol. The van der Waals surface area contributed by atoms with E-state index >= 15 is 0 Å². The van der Waals surface area contributed by atoms with E-state index in [4.69, 9.17) is 10.5 Å². The molecule has 7 N–H and O–H groups in total. The summed E-state index contributed by atoms with van der Waals surface area (Å²) in [5, 5.41) is 21.1. The third-order valence-electron chi connectivity index (χ3n) is 10.9. The molecule has 0 aliphatic carbocycles. The van der Waals surface area contributed by atoms with Gasteiger partial charge >= 0.3 is 6.03 Å². The molecule has 16 nitrogen and oxygen atoms in total. The van der Waals surface area contributed by atoms with Crippen LogP contribution >= 0.6 is 0 Å². The van der Waals surface area contributed by atoms with E-state index in [1.54, 1.807) is 33.9 Å². The maximum absolute atomic E-state index is 13.3. The first-order chi connectivity index (χ1) is 31.6. The number of urea groups is 1. The molecule has 0 spiro atoms. The normalized spacial score (nSPS) is 12.8. The van der Waals surface area contributed by atoms with Gasteiger partial charge in [-0.05, 0) is 54.6 Å². The fourth-order valence-corrected chi connectivity index (χ4v) is 7.60. The van der Waals surface area contributed by atoms with E-state index in [1.807, 2.05) is 54.1 Å². The smallest absolute Gasteiger partial charge is 0.312 e. The van der Waals surface area contributed by atoms with Crippen LogP contribution in [0.3, 0.4) is 0 Å². The monoisotopic (exact) mass is 887 g/mol. The van der Waals surface area contributed by atoms with Crippen LogP contribution in [0.1, 0.15) is 6.92 Å². The summed E-state index contributed by atoms with van der Waals surface area (Å²) in [7, 11) is 0. The minimum Gasteiger partial charge on any atom is -0.379 e. The van der Waals surface area contributed by atoms with Crippen molar-refractivity contribution in [2.45, 2.75) is 26.6 Å². The number of nitrogens with one attached hydrogen (secondary N) is 5. The zero-order valence-electron chi connectivity index (χ0n) is 35.5. The van der Waals surface area contributed by atoms with Crippen molar-refractivity contribution in [3.63, 3.8) is 0 Å². The number of aromatic nitrogens is 9. The number of ether oxygens (including phenoxy) is 1. The van der Waals surface area contributed by atoms with Crippen LogP contribution in [-0.4, -0.2) is 107 Å². The van der Waals surface area contributed by atoms with Crippen LogP contribution in [-0.2, 0) is 29.2 Å². The lowest BCUT2D eigenvalue weighted by atomic mass is 10.1. The number of rotatable bonds is 12. The lowest BCUT2D eigenvalue weighted by Gasteiger charge is -2.26. The molecule has 19 heteroatoms. The topological polar surface area (TPSA) is 198 Å². The number of amides is 3. The lowest BCUT2D eigenvalue weighted by Crippen LogP contribution is -2.38. The van der Waals surface area contributed by atoms with Gasteiger partial charge < -0.3 is 36.1 Å². The number of primary amides is 1. The van der Waals surface area contributed by atoms with Crippen LogP contribution < -0.4 is 16.4 Å². The highest BCUT2D eigenvalue weighted by molar-refractivity contribution is 5.97. The molecule has 1 saturated heterocycles. The van der Waals surface area contributed by atoms with Crippen LogP contribution in [0.15, 0.2) is 110 Å². The van der Waals surface area contributed by atoms with Crippen molar-refractivity contribution in [3.05, 3.63) is 128 Å². The van der Waals surface area contributed by atoms with Crippen molar-refractivity contribution in [2.24, 2.45) is 5.73 Å². The van der Waals surface area contributed by atoms with E-state index in [0.29, 0.717) is 26.2 Å². The molecule has 0 radical (unpaired) electrons. The maximum Gasteiger partial charge on any atom is 0.312 e. The summed E-state index contributed by atoms with van der Waals surface area (Å²) < 4.78 is 50.5. The first-order valence-corrected chi connectivity index (χ1v) is 21.0. The third kappa shape index (κ3) is 11.1. The number of carbonyl (C=O) groups excluding carboxylic acids is 2. The summed E-state index contributed by atoms with van der Waals surface area (Å²) in [6.07, 6.45) is 16.8. The molecule has 0 atom stereocenters. The van der Waals surface area contributed by atoms with Crippen LogP contribution in [0.25, 0.3) is 66.1 Å². The summed E-state index contributed by atoms with van der Waals surface area (Å²) in [6, 6.07) is 13.6. The average Bonchev–Trinajstić information content (AvgIpc) is 4.16. The van der Waals surface area contributed by atoms with Crippen molar-refractivity contribution in [3.8, 4) is 33.4 Å². The largest absolute Gasteiger partial charge is 0.379 e.